The maximum absolute atomic E-state index is 10.2. The van der Waals surface area contributed by atoms with Crippen LogP contribution in [0.5, 0.6) is 5.75 Å². The molecule has 3 aromatic rings. The molecule has 0 saturated heterocycles. The Bertz CT molecular complexity index is 830. The van der Waals surface area contributed by atoms with Gasteiger partial charge in [0.05, 0.1) is 0 Å². The van der Waals surface area contributed by atoms with Gasteiger partial charge in [0.25, 0.3) is 0 Å². The van der Waals surface area contributed by atoms with E-state index >= 15 is 0 Å². The van der Waals surface area contributed by atoms with Gasteiger partial charge in [0.2, 0.25) is 0 Å². The Morgan fingerprint density at radius 3 is 2.04 bits per heavy atom. The Morgan fingerprint density at radius 1 is 0.821 bits per heavy atom. The van der Waals surface area contributed by atoms with Crippen molar-refractivity contribution in [3.05, 3.63) is 87.2 Å². The first kappa shape index (κ1) is 26.3. The standard InChI is InChI=1S/C19H18NO.2C2H6N.Zr/c1-13-10-14(2)19(21)16(11-13)12-20-18-9-5-7-15-6-3-4-8-17(15)18;2*1-3-2;/h3-11,21H,12H2,1-2H3;2*1-2H3;/q3*-1;+3. The maximum Gasteiger partial charge on any atom is 3.00 e. The number of aromatic hydroxyl groups is 1. The molecule has 147 valence electrons. The van der Waals surface area contributed by atoms with Crippen molar-refractivity contribution in [1.29, 1.82) is 0 Å². The van der Waals surface area contributed by atoms with Gasteiger partial charge in [-0.05, 0) is 35.7 Å². The molecular formula is C23H30N3OZr. The number of benzene rings is 3. The third-order valence-corrected chi connectivity index (χ3v) is 3.71. The second-order valence-corrected chi connectivity index (χ2v) is 6.30. The van der Waals surface area contributed by atoms with E-state index < -0.39 is 0 Å². The van der Waals surface area contributed by atoms with Crippen LogP contribution in [0.1, 0.15) is 16.7 Å². The van der Waals surface area contributed by atoms with Crippen molar-refractivity contribution in [2.45, 2.75) is 20.4 Å². The minimum atomic E-state index is 0. The van der Waals surface area contributed by atoms with Crippen LogP contribution in [-0.4, -0.2) is 33.3 Å². The SMILES string of the molecule is C[N-]C.C[N-]C.Cc1cc(C)c(O)c(C[N-]c2cccc3ccccc23)c1.[Zr+3]. The van der Waals surface area contributed by atoms with Crippen LogP contribution in [0, 0.1) is 13.8 Å². The molecule has 0 aromatic heterocycles. The van der Waals surface area contributed by atoms with Crippen LogP contribution >= 0.6 is 0 Å². The molecule has 0 spiro atoms. The topological polar surface area (TPSA) is 62.5 Å². The molecule has 1 N–H and O–H groups in total. The van der Waals surface area contributed by atoms with Gasteiger partial charge >= 0.3 is 26.2 Å². The molecule has 0 fully saturated rings. The predicted octanol–water partition coefficient (Wildman–Crippen LogP) is 6.60. The van der Waals surface area contributed by atoms with E-state index in [0.29, 0.717) is 12.3 Å². The first-order valence-corrected chi connectivity index (χ1v) is 8.88. The molecule has 0 atom stereocenters. The average molecular weight is 456 g/mol. The van der Waals surface area contributed by atoms with E-state index in [9.17, 15) is 5.11 Å². The molecule has 0 unspecified atom stereocenters. The minimum absolute atomic E-state index is 0. The maximum atomic E-state index is 10.2. The van der Waals surface area contributed by atoms with Crippen molar-refractivity contribution in [3.8, 4) is 5.75 Å². The summed E-state index contributed by atoms with van der Waals surface area (Å²) in [6.45, 7) is 4.44. The van der Waals surface area contributed by atoms with Crippen LogP contribution in [0.25, 0.3) is 26.7 Å². The fourth-order valence-electron chi connectivity index (χ4n) is 2.69. The van der Waals surface area contributed by atoms with Gasteiger partial charge in [-0.3, -0.25) is 0 Å². The molecule has 1 radical (unpaired) electrons. The van der Waals surface area contributed by atoms with Crippen molar-refractivity contribution in [3.63, 3.8) is 0 Å². The van der Waals surface area contributed by atoms with Crippen LogP contribution in [-0.2, 0) is 32.7 Å². The molecular weight excluding hydrogens is 425 g/mol. The predicted molar refractivity (Wildman–Crippen MR) is 119 cm³/mol. The molecule has 4 nitrogen and oxygen atoms in total. The second-order valence-electron chi connectivity index (χ2n) is 6.30. The molecule has 0 heterocycles. The summed E-state index contributed by atoms with van der Waals surface area (Å²) in [6, 6.07) is 18.3. The largest absolute Gasteiger partial charge is 3.00 e. The zero-order valence-corrected chi connectivity index (χ0v) is 20.2. The van der Waals surface area contributed by atoms with Crippen molar-refractivity contribution in [2.75, 3.05) is 28.2 Å². The summed E-state index contributed by atoms with van der Waals surface area (Å²) in [5.41, 5.74) is 3.89. The van der Waals surface area contributed by atoms with E-state index in [2.05, 4.69) is 34.1 Å². The normalized spacial score (nSPS) is 9.36. The Labute approximate surface area is 188 Å². The van der Waals surface area contributed by atoms with Gasteiger partial charge in [-0.2, -0.15) is 28.2 Å². The Balaban J connectivity index is 0.000000930. The third-order valence-electron chi connectivity index (χ3n) is 3.71. The fourth-order valence-corrected chi connectivity index (χ4v) is 2.69. The number of fused-ring (bicyclic) bond motifs is 1. The van der Waals surface area contributed by atoms with Gasteiger partial charge in [0.1, 0.15) is 5.75 Å². The monoisotopic (exact) mass is 454 g/mol. The number of hydrogen-bond donors (Lipinski definition) is 1. The van der Waals surface area contributed by atoms with Gasteiger partial charge in [-0.15, -0.1) is 12.2 Å². The second kappa shape index (κ2) is 14.3. The fraction of sp³-hybridized carbons (Fsp3) is 0.304. The van der Waals surface area contributed by atoms with Gasteiger partial charge < -0.3 is 21.1 Å². The van der Waals surface area contributed by atoms with Crippen LogP contribution in [0.15, 0.2) is 54.6 Å². The summed E-state index contributed by atoms with van der Waals surface area (Å²) < 4.78 is 0. The van der Waals surface area contributed by atoms with Crippen molar-refractivity contribution in [1.82, 2.24) is 0 Å². The zero-order chi connectivity index (χ0) is 20.2. The minimum Gasteiger partial charge on any atom is -0.680 e. The third kappa shape index (κ3) is 8.14. The van der Waals surface area contributed by atoms with Crippen molar-refractivity contribution < 1.29 is 31.3 Å². The van der Waals surface area contributed by atoms with Crippen molar-refractivity contribution >= 4 is 16.5 Å². The zero-order valence-electron chi connectivity index (χ0n) is 17.7. The summed E-state index contributed by atoms with van der Waals surface area (Å²) in [5, 5.41) is 24.2. The van der Waals surface area contributed by atoms with Crippen LogP contribution in [0.3, 0.4) is 0 Å². The van der Waals surface area contributed by atoms with E-state index in [1.165, 1.54) is 5.39 Å². The summed E-state index contributed by atoms with van der Waals surface area (Å²) in [5.74, 6) is 0.351. The summed E-state index contributed by atoms with van der Waals surface area (Å²) in [7, 11) is 7.00. The van der Waals surface area contributed by atoms with Gasteiger partial charge in [0.15, 0.2) is 0 Å². The Kier molecular flexibility index (Phi) is 13.5. The number of nitrogens with zero attached hydrogens (tertiary/aromatic N) is 3. The number of rotatable bonds is 3. The van der Waals surface area contributed by atoms with Crippen LogP contribution in [0.4, 0.5) is 5.69 Å². The quantitative estimate of drug-likeness (QED) is 0.475. The summed E-state index contributed by atoms with van der Waals surface area (Å²) in [6.07, 6.45) is 0. The number of phenolic OH excluding ortho intramolecular Hbond substituents is 1. The van der Waals surface area contributed by atoms with E-state index in [4.69, 9.17) is 0 Å². The number of hydrogen-bond acceptors (Lipinski definition) is 1. The molecule has 0 aliphatic rings. The van der Waals surface area contributed by atoms with Crippen LogP contribution in [0.2, 0.25) is 0 Å². The van der Waals surface area contributed by atoms with E-state index in [-0.39, 0.29) is 26.2 Å². The van der Waals surface area contributed by atoms with Gasteiger partial charge in [-0.1, -0.05) is 60.2 Å². The average Bonchev–Trinajstić information content (AvgIpc) is 2.65. The first-order valence-electron chi connectivity index (χ1n) is 8.88. The summed E-state index contributed by atoms with van der Waals surface area (Å²) >= 11 is 0. The van der Waals surface area contributed by atoms with E-state index in [1.807, 2.05) is 50.2 Å². The number of aryl methyl sites for hydroxylation is 2. The molecule has 0 amide bonds. The smallest absolute Gasteiger partial charge is 0.680 e. The van der Waals surface area contributed by atoms with Gasteiger partial charge in [-0.25, -0.2) is 0 Å². The molecule has 0 bridgehead atoms. The van der Waals surface area contributed by atoms with Crippen molar-refractivity contribution in [2.24, 2.45) is 0 Å². The van der Waals surface area contributed by atoms with E-state index in [1.54, 1.807) is 28.2 Å². The first-order chi connectivity index (χ1) is 13.0. The van der Waals surface area contributed by atoms with E-state index in [0.717, 1.165) is 27.8 Å². The molecule has 3 aromatic carbocycles. The number of phenols is 1. The summed E-state index contributed by atoms with van der Waals surface area (Å²) in [4.78, 5) is 0. The van der Waals surface area contributed by atoms with Crippen LogP contribution < -0.4 is 0 Å². The molecule has 0 aliphatic carbocycles. The molecule has 3 rings (SSSR count). The molecule has 0 saturated carbocycles. The Hall–Kier alpha value is -1.68. The Morgan fingerprint density at radius 2 is 1.39 bits per heavy atom. The van der Waals surface area contributed by atoms with Gasteiger partial charge in [0, 0.05) is 0 Å². The molecule has 5 heteroatoms. The molecule has 0 aliphatic heterocycles. The molecule has 28 heavy (non-hydrogen) atoms.